The van der Waals surface area contributed by atoms with E-state index in [9.17, 15) is 9.18 Å². The van der Waals surface area contributed by atoms with Crippen LogP contribution in [0.25, 0.3) is 0 Å². The third kappa shape index (κ3) is 1.92. The highest BCUT2D eigenvalue weighted by Gasteiger charge is 2.21. The molecule has 0 saturated carbocycles. The highest BCUT2D eigenvalue weighted by molar-refractivity contribution is 5.71. The van der Waals surface area contributed by atoms with Gasteiger partial charge in [-0.15, -0.1) is 0 Å². The molecule has 0 unspecified atom stereocenters. The molecule has 3 heteroatoms. The second-order valence-corrected chi connectivity index (χ2v) is 3.46. The number of rotatable bonds is 1. The summed E-state index contributed by atoms with van der Waals surface area (Å²) in [7, 11) is 0. The molecule has 0 radical (unpaired) electrons. The molecular formula is C11H11FO2. The maximum absolute atomic E-state index is 12.6. The van der Waals surface area contributed by atoms with E-state index in [2.05, 4.69) is 0 Å². The molecule has 14 heavy (non-hydrogen) atoms. The van der Waals surface area contributed by atoms with Crippen molar-refractivity contribution in [3.8, 4) is 0 Å². The van der Waals surface area contributed by atoms with Crippen molar-refractivity contribution in [3.05, 3.63) is 35.6 Å². The lowest BCUT2D eigenvalue weighted by Crippen LogP contribution is -2.19. The van der Waals surface area contributed by atoms with Crippen LogP contribution in [0, 0.1) is 5.82 Å². The van der Waals surface area contributed by atoms with E-state index in [0.29, 0.717) is 13.0 Å². The third-order valence-corrected chi connectivity index (χ3v) is 2.48. The molecule has 1 aliphatic rings. The number of ether oxygens (including phenoxy) is 1. The summed E-state index contributed by atoms with van der Waals surface area (Å²) in [6.45, 7) is 0.473. The lowest BCUT2D eigenvalue weighted by Gasteiger charge is -2.21. The Labute approximate surface area is 81.7 Å². The maximum atomic E-state index is 12.6. The van der Waals surface area contributed by atoms with Gasteiger partial charge in [-0.1, -0.05) is 12.1 Å². The molecule has 2 nitrogen and oxygen atoms in total. The Morgan fingerprint density at radius 1 is 1.29 bits per heavy atom. The standard InChI is InChI=1S/C11H11FO2/c12-10-3-1-8(2-4-10)9-5-6-14-11(13)7-9/h1-4,9H,5-7H2/t9-/m0/s1. The number of carbonyl (C=O) groups is 1. The second kappa shape index (κ2) is 3.78. The number of esters is 1. The van der Waals surface area contributed by atoms with Crippen LogP contribution in [0.2, 0.25) is 0 Å². The van der Waals surface area contributed by atoms with Gasteiger partial charge in [-0.3, -0.25) is 4.79 Å². The zero-order valence-electron chi connectivity index (χ0n) is 7.70. The molecule has 1 fully saturated rings. The van der Waals surface area contributed by atoms with Crippen molar-refractivity contribution < 1.29 is 13.9 Å². The van der Waals surface area contributed by atoms with E-state index in [4.69, 9.17) is 4.74 Å². The van der Waals surface area contributed by atoms with Gasteiger partial charge in [0, 0.05) is 0 Å². The van der Waals surface area contributed by atoms with Gasteiger partial charge in [-0.2, -0.15) is 0 Å². The fourth-order valence-electron chi connectivity index (χ4n) is 1.70. The van der Waals surface area contributed by atoms with Gasteiger partial charge >= 0.3 is 5.97 Å². The fraction of sp³-hybridized carbons (Fsp3) is 0.364. The second-order valence-electron chi connectivity index (χ2n) is 3.46. The number of benzene rings is 1. The van der Waals surface area contributed by atoms with Gasteiger partial charge in [0.1, 0.15) is 5.82 Å². The highest BCUT2D eigenvalue weighted by Crippen LogP contribution is 2.27. The lowest BCUT2D eigenvalue weighted by molar-refractivity contribution is -0.147. The van der Waals surface area contributed by atoms with Gasteiger partial charge in [0.25, 0.3) is 0 Å². The van der Waals surface area contributed by atoms with Crippen LogP contribution < -0.4 is 0 Å². The first-order chi connectivity index (χ1) is 6.75. The molecule has 1 aromatic rings. The van der Waals surface area contributed by atoms with E-state index in [-0.39, 0.29) is 17.7 Å². The van der Waals surface area contributed by atoms with Crippen LogP contribution >= 0.6 is 0 Å². The van der Waals surface area contributed by atoms with Crippen molar-refractivity contribution in [2.45, 2.75) is 18.8 Å². The summed E-state index contributed by atoms with van der Waals surface area (Å²) in [4.78, 5) is 11.0. The van der Waals surface area contributed by atoms with Crippen molar-refractivity contribution in [3.63, 3.8) is 0 Å². The van der Waals surface area contributed by atoms with Gasteiger partial charge in [0.2, 0.25) is 0 Å². The van der Waals surface area contributed by atoms with Crippen LogP contribution in [0.3, 0.4) is 0 Å². The molecule has 1 aliphatic heterocycles. The summed E-state index contributed by atoms with van der Waals surface area (Å²) in [6.07, 6.45) is 1.24. The van der Waals surface area contributed by atoms with Crippen LogP contribution in [-0.2, 0) is 9.53 Å². The van der Waals surface area contributed by atoms with Gasteiger partial charge in [0.05, 0.1) is 13.0 Å². The summed E-state index contributed by atoms with van der Waals surface area (Å²) >= 11 is 0. The highest BCUT2D eigenvalue weighted by atomic mass is 19.1. The van der Waals surface area contributed by atoms with E-state index in [1.807, 2.05) is 0 Å². The molecule has 0 amide bonds. The molecule has 1 atom stereocenters. The minimum absolute atomic E-state index is 0.162. The third-order valence-electron chi connectivity index (χ3n) is 2.48. The van der Waals surface area contributed by atoms with Crippen molar-refractivity contribution in [1.82, 2.24) is 0 Å². The molecule has 0 spiro atoms. The SMILES string of the molecule is O=C1C[C@@H](c2ccc(F)cc2)CCO1. The Morgan fingerprint density at radius 2 is 2.00 bits per heavy atom. The lowest BCUT2D eigenvalue weighted by atomic mass is 9.91. The summed E-state index contributed by atoms with van der Waals surface area (Å²) in [5.41, 5.74) is 1.02. The van der Waals surface area contributed by atoms with E-state index < -0.39 is 0 Å². The van der Waals surface area contributed by atoms with Gasteiger partial charge in [0.15, 0.2) is 0 Å². The van der Waals surface area contributed by atoms with Gasteiger partial charge < -0.3 is 4.74 Å². The average molecular weight is 194 g/mol. The van der Waals surface area contributed by atoms with E-state index in [0.717, 1.165) is 12.0 Å². The molecule has 0 aromatic heterocycles. The summed E-state index contributed by atoms with van der Waals surface area (Å²) in [6, 6.07) is 6.32. The smallest absolute Gasteiger partial charge is 0.306 e. The minimum atomic E-state index is -0.243. The first-order valence-electron chi connectivity index (χ1n) is 4.67. The van der Waals surface area contributed by atoms with E-state index in [1.165, 1.54) is 12.1 Å². The molecule has 74 valence electrons. The quantitative estimate of drug-likeness (QED) is 0.641. The Kier molecular flexibility index (Phi) is 2.48. The molecule has 0 bridgehead atoms. The Balaban J connectivity index is 2.14. The first kappa shape index (κ1) is 9.19. The van der Waals surface area contributed by atoms with Crippen molar-refractivity contribution >= 4 is 5.97 Å². The van der Waals surface area contributed by atoms with Crippen molar-refractivity contribution in [2.75, 3.05) is 6.61 Å². The van der Waals surface area contributed by atoms with Crippen LogP contribution in [0.4, 0.5) is 4.39 Å². The molecular weight excluding hydrogens is 183 g/mol. The molecule has 1 heterocycles. The Bertz CT molecular complexity index is 332. The zero-order valence-corrected chi connectivity index (χ0v) is 7.70. The zero-order chi connectivity index (χ0) is 9.97. The summed E-state index contributed by atoms with van der Waals surface area (Å²) in [5, 5.41) is 0. The van der Waals surface area contributed by atoms with Gasteiger partial charge in [-0.05, 0) is 30.0 Å². The Morgan fingerprint density at radius 3 is 2.64 bits per heavy atom. The predicted octanol–water partition coefficient (Wildman–Crippen LogP) is 2.25. The number of carbonyl (C=O) groups excluding carboxylic acids is 1. The largest absolute Gasteiger partial charge is 0.466 e. The molecule has 0 aliphatic carbocycles. The number of cyclic esters (lactones) is 1. The number of halogens is 1. The van der Waals surface area contributed by atoms with E-state index in [1.54, 1.807) is 12.1 Å². The first-order valence-corrected chi connectivity index (χ1v) is 4.67. The Hall–Kier alpha value is -1.38. The van der Waals surface area contributed by atoms with E-state index >= 15 is 0 Å². The van der Waals surface area contributed by atoms with Crippen LogP contribution in [0.1, 0.15) is 24.3 Å². The molecule has 1 aromatic carbocycles. The van der Waals surface area contributed by atoms with Crippen LogP contribution in [0.5, 0.6) is 0 Å². The molecule has 0 N–H and O–H groups in total. The van der Waals surface area contributed by atoms with Crippen molar-refractivity contribution in [2.24, 2.45) is 0 Å². The summed E-state index contributed by atoms with van der Waals surface area (Å²) in [5.74, 6) is -0.213. The number of hydrogen-bond donors (Lipinski definition) is 0. The monoisotopic (exact) mass is 194 g/mol. The fourth-order valence-corrected chi connectivity index (χ4v) is 1.70. The predicted molar refractivity (Wildman–Crippen MR) is 49.3 cm³/mol. The molecule has 2 rings (SSSR count). The average Bonchev–Trinajstić information content (AvgIpc) is 2.19. The topological polar surface area (TPSA) is 26.3 Å². The summed E-state index contributed by atoms with van der Waals surface area (Å²) < 4.78 is 17.5. The van der Waals surface area contributed by atoms with Gasteiger partial charge in [-0.25, -0.2) is 4.39 Å². The molecule has 1 saturated heterocycles. The van der Waals surface area contributed by atoms with Crippen molar-refractivity contribution in [1.29, 1.82) is 0 Å². The minimum Gasteiger partial charge on any atom is -0.466 e. The van der Waals surface area contributed by atoms with Crippen LogP contribution in [0.15, 0.2) is 24.3 Å². The normalized spacial score (nSPS) is 21.8. The maximum Gasteiger partial charge on any atom is 0.306 e. The van der Waals surface area contributed by atoms with Crippen LogP contribution in [-0.4, -0.2) is 12.6 Å². The number of hydrogen-bond acceptors (Lipinski definition) is 2.